The third-order valence-electron chi connectivity index (χ3n) is 7.06. The van der Waals surface area contributed by atoms with Gasteiger partial charge in [0.15, 0.2) is 17.3 Å². The van der Waals surface area contributed by atoms with Gasteiger partial charge in [-0.15, -0.1) is 0 Å². The molecule has 2 aromatic carbocycles. The Labute approximate surface area is 237 Å². The van der Waals surface area contributed by atoms with Gasteiger partial charge in [-0.1, -0.05) is 36.8 Å². The average molecular weight is 565 g/mol. The first-order valence-electron chi connectivity index (χ1n) is 13.0. The first-order valence-corrected chi connectivity index (χ1v) is 13.4. The van der Waals surface area contributed by atoms with E-state index in [0.717, 1.165) is 0 Å². The second-order valence-corrected chi connectivity index (χ2v) is 10.4. The highest BCUT2D eigenvalue weighted by Crippen LogP contribution is 2.38. The molecule has 0 spiro atoms. The van der Waals surface area contributed by atoms with Crippen LogP contribution in [0.4, 0.5) is 14.5 Å². The fraction of sp³-hybridized carbons (Fsp3) is 0.290. The lowest BCUT2D eigenvalue weighted by Gasteiger charge is -2.18. The second-order valence-electron chi connectivity index (χ2n) is 9.97. The van der Waals surface area contributed by atoms with Crippen molar-refractivity contribution in [3.05, 3.63) is 88.2 Å². The maximum absolute atomic E-state index is 14.9. The summed E-state index contributed by atoms with van der Waals surface area (Å²) in [5.74, 6) is -2.91. The topological polar surface area (TPSA) is 98.4 Å². The molecule has 2 aromatic rings. The van der Waals surface area contributed by atoms with Gasteiger partial charge in [-0.25, -0.2) is 4.39 Å². The Bertz CT molecular complexity index is 1490. The normalized spacial score (nSPS) is 16.8. The zero-order valence-corrected chi connectivity index (χ0v) is 23.3. The first kappa shape index (κ1) is 29.1. The Hall–Kier alpha value is -3.91. The van der Waals surface area contributed by atoms with Crippen LogP contribution in [0, 0.1) is 34.3 Å². The zero-order valence-electron chi connectivity index (χ0n) is 22.6. The molecule has 4 rings (SSSR count). The summed E-state index contributed by atoms with van der Waals surface area (Å²) in [6.07, 6.45) is 9.18. The fourth-order valence-corrected chi connectivity index (χ4v) is 4.96. The summed E-state index contributed by atoms with van der Waals surface area (Å²) < 4.78 is 34.2. The predicted octanol–water partition coefficient (Wildman–Crippen LogP) is 8.04. The number of rotatable bonds is 11. The standard InChI is InChI=1S/C31H31ClF2N4O2/c1-17(8-9-18(2)35)25(36)15-27(39)22-11-10-19(14-24(22)32)38-26-7-5-4-6-21-23(16-37-31(21)26)20-12-13-28(40-3)30(34)29(20)33/h4,6-7,10-14,16-17,21,35-36,38H,5,8-9,15H2,1-3H3/t17-,21?/m1/s1. The molecule has 0 amide bonds. The molecule has 1 heterocycles. The van der Waals surface area contributed by atoms with Crippen molar-refractivity contribution in [2.24, 2.45) is 16.8 Å². The van der Waals surface area contributed by atoms with Crippen molar-refractivity contribution in [2.75, 3.05) is 12.4 Å². The number of anilines is 1. The van der Waals surface area contributed by atoms with Crippen LogP contribution in [0.3, 0.4) is 0 Å². The van der Waals surface area contributed by atoms with E-state index in [9.17, 15) is 13.6 Å². The number of methoxy groups -OCH3 is 1. The van der Waals surface area contributed by atoms with E-state index < -0.39 is 11.6 Å². The molecule has 0 aromatic heterocycles. The molecule has 0 saturated heterocycles. The van der Waals surface area contributed by atoms with E-state index in [1.807, 2.05) is 25.2 Å². The molecular formula is C31H31ClF2N4O2. The lowest BCUT2D eigenvalue weighted by atomic mass is 9.89. The number of nitrogens with one attached hydrogen (secondary N) is 3. The highest BCUT2D eigenvalue weighted by atomic mass is 35.5. The molecule has 2 atom stereocenters. The van der Waals surface area contributed by atoms with Crippen LogP contribution < -0.4 is 10.1 Å². The second kappa shape index (κ2) is 12.5. The number of allylic oxidation sites excluding steroid dienone is 5. The van der Waals surface area contributed by atoms with Gasteiger partial charge in [-0.05, 0) is 68.0 Å². The summed E-state index contributed by atoms with van der Waals surface area (Å²) in [5.41, 5.74) is 3.85. The lowest BCUT2D eigenvalue weighted by Crippen LogP contribution is -2.18. The smallest absolute Gasteiger partial charge is 0.201 e. The number of benzene rings is 2. The fourth-order valence-electron chi connectivity index (χ4n) is 4.67. The van der Waals surface area contributed by atoms with Crippen molar-refractivity contribution in [2.45, 2.75) is 39.5 Å². The lowest BCUT2D eigenvalue weighted by molar-refractivity contribution is 0.0999. The van der Waals surface area contributed by atoms with Gasteiger partial charge in [0.25, 0.3) is 0 Å². The monoisotopic (exact) mass is 564 g/mol. The quantitative estimate of drug-likeness (QED) is 0.146. The first-order chi connectivity index (χ1) is 19.1. The number of hydrogen-bond acceptors (Lipinski definition) is 6. The van der Waals surface area contributed by atoms with Crippen LogP contribution in [0.25, 0.3) is 5.57 Å². The van der Waals surface area contributed by atoms with Crippen LogP contribution in [0.1, 0.15) is 55.5 Å². The zero-order chi connectivity index (χ0) is 29.0. The highest BCUT2D eigenvalue weighted by Gasteiger charge is 2.30. The molecule has 0 bridgehead atoms. The number of aliphatic imine (C=N–C) groups is 1. The van der Waals surface area contributed by atoms with Gasteiger partial charge in [0, 0.05) is 46.8 Å². The molecule has 0 fully saturated rings. The third kappa shape index (κ3) is 6.28. The molecule has 0 radical (unpaired) electrons. The Balaban J connectivity index is 1.47. The van der Waals surface area contributed by atoms with Crippen LogP contribution in [0.15, 0.2) is 65.4 Å². The minimum absolute atomic E-state index is 0.0308. The molecule has 6 nitrogen and oxygen atoms in total. The number of ether oxygens (including phenoxy) is 1. The van der Waals surface area contributed by atoms with E-state index in [1.54, 1.807) is 31.3 Å². The summed E-state index contributed by atoms with van der Waals surface area (Å²) in [5, 5.41) is 19.4. The molecule has 9 heteroatoms. The number of nitrogens with zero attached hydrogens (tertiary/aromatic N) is 1. The highest BCUT2D eigenvalue weighted by molar-refractivity contribution is 6.34. The number of hydrogen-bond donors (Lipinski definition) is 3. The molecule has 1 aliphatic heterocycles. The average Bonchev–Trinajstić information content (AvgIpc) is 3.23. The Morgan fingerprint density at radius 1 is 1.23 bits per heavy atom. The van der Waals surface area contributed by atoms with Crippen molar-refractivity contribution in [1.82, 2.24) is 0 Å². The maximum atomic E-state index is 14.9. The molecule has 2 aliphatic rings. The van der Waals surface area contributed by atoms with Crippen LogP contribution >= 0.6 is 11.6 Å². The van der Waals surface area contributed by atoms with Crippen LogP contribution in [0.2, 0.25) is 5.02 Å². The Morgan fingerprint density at radius 2 is 2.00 bits per heavy atom. The third-order valence-corrected chi connectivity index (χ3v) is 7.37. The number of ketones is 1. The Kier molecular flexibility index (Phi) is 9.10. The van der Waals surface area contributed by atoms with Crippen molar-refractivity contribution in [3.63, 3.8) is 0 Å². The number of fused-ring (bicyclic) bond motifs is 1. The van der Waals surface area contributed by atoms with Gasteiger partial charge in [-0.2, -0.15) is 4.39 Å². The molecule has 3 N–H and O–H groups in total. The Morgan fingerprint density at radius 3 is 2.70 bits per heavy atom. The van der Waals surface area contributed by atoms with Crippen LogP contribution in [-0.4, -0.2) is 30.0 Å². The van der Waals surface area contributed by atoms with Crippen LogP contribution in [-0.2, 0) is 0 Å². The SMILES string of the molecule is COc1ccc(C2=CN=C3C(Nc4ccc(C(=O)CC(=N)[C@H](C)CCC(C)=N)c(Cl)c4)=CCC=CC23)c(F)c1F. The van der Waals surface area contributed by atoms with Crippen molar-refractivity contribution >= 4 is 45.8 Å². The maximum Gasteiger partial charge on any atom is 0.201 e. The molecule has 40 heavy (non-hydrogen) atoms. The predicted molar refractivity (Wildman–Crippen MR) is 157 cm³/mol. The number of carbonyl (C=O) groups excluding carboxylic acids is 1. The summed E-state index contributed by atoms with van der Waals surface area (Å²) in [7, 11) is 1.28. The van der Waals surface area contributed by atoms with Crippen molar-refractivity contribution in [1.29, 1.82) is 10.8 Å². The van der Waals surface area contributed by atoms with E-state index in [2.05, 4.69) is 10.3 Å². The van der Waals surface area contributed by atoms with E-state index in [-0.39, 0.29) is 40.4 Å². The minimum Gasteiger partial charge on any atom is -0.494 e. The molecule has 208 valence electrons. The summed E-state index contributed by atoms with van der Waals surface area (Å²) >= 11 is 6.49. The minimum atomic E-state index is -1.05. The van der Waals surface area contributed by atoms with E-state index in [1.165, 1.54) is 19.2 Å². The van der Waals surface area contributed by atoms with E-state index in [4.69, 9.17) is 27.2 Å². The van der Waals surface area contributed by atoms with Crippen LogP contribution in [0.5, 0.6) is 5.75 Å². The van der Waals surface area contributed by atoms with Gasteiger partial charge in [0.1, 0.15) is 0 Å². The largest absolute Gasteiger partial charge is 0.494 e. The number of carbonyl (C=O) groups is 1. The van der Waals surface area contributed by atoms with Gasteiger partial charge in [0.2, 0.25) is 5.82 Å². The van der Waals surface area contributed by atoms with Gasteiger partial charge in [0.05, 0.1) is 23.5 Å². The molecule has 0 saturated carbocycles. The van der Waals surface area contributed by atoms with E-state index in [0.29, 0.717) is 58.9 Å². The number of Topliss-reactive ketones (excluding diaryl/α,β-unsaturated/α-hetero) is 1. The molecule has 1 aliphatic carbocycles. The van der Waals surface area contributed by atoms with E-state index >= 15 is 0 Å². The summed E-state index contributed by atoms with van der Waals surface area (Å²) in [6.45, 7) is 3.62. The van der Waals surface area contributed by atoms with Gasteiger partial charge >= 0.3 is 0 Å². The summed E-state index contributed by atoms with van der Waals surface area (Å²) in [6, 6.07) is 7.90. The van der Waals surface area contributed by atoms with Crippen molar-refractivity contribution < 1.29 is 18.3 Å². The van der Waals surface area contributed by atoms with Crippen molar-refractivity contribution in [3.8, 4) is 5.75 Å². The van der Waals surface area contributed by atoms with Gasteiger partial charge in [-0.3, -0.25) is 9.79 Å². The molecule has 1 unspecified atom stereocenters. The number of halogens is 3. The summed E-state index contributed by atoms with van der Waals surface area (Å²) in [4.78, 5) is 17.4. The molecular weight excluding hydrogens is 534 g/mol. The van der Waals surface area contributed by atoms with Gasteiger partial charge < -0.3 is 20.9 Å².